The number of carbonyl (C=O) groups excluding carboxylic acids is 1. The maximum absolute atomic E-state index is 13.4. The minimum absolute atomic E-state index is 0.186. The summed E-state index contributed by atoms with van der Waals surface area (Å²) in [4.78, 5) is 13.1. The molecule has 0 bridgehead atoms. The van der Waals surface area contributed by atoms with Crippen LogP contribution in [0.4, 0.5) is 4.39 Å². The fourth-order valence-electron chi connectivity index (χ4n) is 3.11. The van der Waals surface area contributed by atoms with Crippen LogP contribution in [0.2, 0.25) is 0 Å². The van der Waals surface area contributed by atoms with Gasteiger partial charge in [-0.3, -0.25) is 4.79 Å². The van der Waals surface area contributed by atoms with Gasteiger partial charge in [0.15, 0.2) is 5.76 Å². The van der Waals surface area contributed by atoms with Crippen molar-refractivity contribution in [2.75, 3.05) is 0 Å². The van der Waals surface area contributed by atoms with Crippen LogP contribution in [0.25, 0.3) is 17.1 Å². The van der Waals surface area contributed by atoms with Gasteiger partial charge in [0.25, 0.3) is 5.91 Å². The summed E-state index contributed by atoms with van der Waals surface area (Å²) in [7, 11) is 0. The second-order valence-electron chi connectivity index (χ2n) is 6.82. The average Bonchev–Trinajstić information content (AvgIpc) is 3.36. The van der Waals surface area contributed by atoms with Gasteiger partial charge in [0, 0.05) is 6.07 Å². The maximum Gasteiger partial charge on any atom is 0.270 e. The van der Waals surface area contributed by atoms with E-state index in [9.17, 15) is 9.18 Å². The van der Waals surface area contributed by atoms with Crippen molar-refractivity contribution in [2.24, 2.45) is 0 Å². The summed E-state index contributed by atoms with van der Waals surface area (Å²) in [6.07, 6.45) is 0. The molecule has 1 N–H and O–H groups in total. The van der Waals surface area contributed by atoms with Crippen molar-refractivity contribution < 1.29 is 13.6 Å². The van der Waals surface area contributed by atoms with Crippen molar-refractivity contribution in [3.8, 4) is 17.1 Å². The molecule has 0 aliphatic carbocycles. The summed E-state index contributed by atoms with van der Waals surface area (Å²) in [5.74, 6) is 0.674. The summed E-state index contributed by atoms with van der Waals surface area (Å²) in [6, 6.07) is 20.7. The highest BCUT2D eigenvalue weighted by atomic mass is 19.1. The Morgan fingerprint density at radius 3 is 2.45 bits per heavy atom. The van der Waals surface area contributed by atoms with Crippen molar-refractivity contribution in [3.63, 3.8) is 0 Å². The largest absolute Gasteiger partial charge is 0.460 e. The van der Waals surface area contributed by atoms with E-state index >= 15 is 0 Å². The lowest BCUT2D eigenvalue weighted by molar-refractivity contribution is 0.0932. The van der Waals surface area contributed by atoms with Crippen LogP contribution in [-0.2, 0) is 0 Å². The number of furan rings is 1. The maximum atomic E-state index is 13.4. The van der Waals surface area contributed by atoms with Crippen LogP contribution in [-0.4, -0.2) is 15.7 Å². The Balaban J connectivity index is 1.71. The number of nitrogens with one attached hydrogen (secondary N) is 1. The Labute approximate surface area is 167 Å². The van der Waals surface area contributed by atoms with E-state index in [1.165, 1.54) is 16.8 Å². The first-order chi connectivity index (χ1) is 14.0. The zero-order chi connectivity index (χ0) is 20.4. The topological polar surface area (TPSA) is 60.1 Å². The highest BCUT2D eigenvalue weighted by molar-refractivity contribution is 5.94. The Bertz CT molecular complexity index is 1130. The second-order valence-corrected chi connectivity index (χ2v) is 6.82. The van der Waals surface area contributed by atoms with E-state index < -0.39 is 0 Å². The van der Waals surface area contributed by atoms with E-state index in [2.05, 4.69) is 10.4 Å². The van der Waals surface area contributed by atoms with Crippen LogP contribution < -0.4 is 5.32 Å². The van der Waals surface area contributed by atoms with Gasteiger partial charge in [-0.15, -0.1) is 0 Å². The third kappa shape index (κ3) is 3.96. The lowest BCUT2D eigenvalue weighted by Gasteiger charge is -2.15. The molecule has 6 heteroatoms. The molecular weight excluding hydrogens is 369 g/mol. The predicted octanol–water partition coefficient (Wildman–Crippen LogP) is 5.07. The summed E-state index contributed by atoms with van der Waals surface area (Å²) < 4.78 is 20.5. The Hall–Kier alpha value is -3.67. The van der Waals surface area contributed by atoms with Gasteiger partial charge >= 0.3 is 0 Å². The van der Waals surface area contributed by atoms with Crippen LogP contribution in [0.1, 0.15) is 34.8 Å². The van der Waals surface area contributed by atoms with Gasteiger partial charge in [0.2, 0.25) is 0 Å². The molecule has 2 aromatic carbocycles. The SMILES string of the molecule is Cc1ccc(-c2cc(C(=O)NC(C)c3ccccc3)n(-c3ccc(F)cc3)n2)o1. The Morgan fingerprint density at radius 2 is 1.79 bits per heavy atom. The summed E-state index contributed by atoms with van der Waals surface area (Å²) >= 11 is 0. The summed E-state index contributed by atoms with van der Waals surface area (Å²) in [5, 5.41) is 7.53. The lowest BCUT2D eigenvalue weighted by atomic mass is 10.1. The number of amides is 1. The first-order valence-corrected chi connectivity index (χ1v) is 9.30. The second kappa shape index (κ2) is 7.75. The van der Waals surface area contributed by atoms with E-state index in [4.69, 9.17) is 4.42 Å². The zero-order valence-corrected chi connectivity index (χ0v) is 16.1. The van der Waals surface area contributed by atoms with Crippen molar-refractivity contribution in [1.29, 1.82) is 0 Å². The van der Waals surface area contributed by atoms with E-state index in [-0.39, 0.29) is 17.8 Å². The molecule has 0 spiro atoms. The van der Waals surface area contributed by atoms with Crippen molar-refractivity contribution in [3.05, 3.63) is 95.6 Å². The number of hydrogen-bond acceptors (Lipinski definition) is 3. The number of aromatic nitrogens is 2. The van der Waals surface area contributed by atoms with Crippen LogP contribution in [0.5, 0.6) is 0 Å². The molecule has 0 aliphatic rings. The fourth-order valence-corrected chi connectivity index (χ4v) is 3.11. The number of halogens is 1. The molecule has 1 atom stereocenters. The molecule has 4 rings (SSSR count). The van der Waals surface area contributed by atoms with Crippen LogP contribution in [0.3, 0.4) is 0 Å². The lowest BCUT2D eigenvalue weighted by Crippen LogP contribution is -2.28. The zero-order valence-electron chi connectivity index (χ0n) is 16.1. The number of benzene rings is 2. The molecule has 0 saturated heterocycles. The van der Waals surface area contributed by atoms with Gasteiger partial charge in [-0.25, -0.2) is 9.07 Å². The van der Waals surface area contributed by atoms with Crippen LogP contribution in [0, 0.1) is 12.7 Å². The first kappa shape index (κ1) is 18.7. The molecule has 4 aromatic rings. The first-order valence-electron chi connectivity index (χ1n) is 9.30. The van der Waals surface area contributed by atoms with Crippen molar-refractivity contribution in [2.45, 2.75) is 19.9 Å². The van der Waals surface area contributed by atoms with E-state index in [0.29, 0.717) is 22.8 Å². The number of nitrogens with zero attached hydrogens (tertiary/aromatic N) is 2. The van der Waals surface area contributed by atoms with Crippen LogP contribution in [0.15, 0.2) is 77.2 Å². The van der Waals surface area contributed by atoms with Gasteiger partial charge < -0.3 is 9.73 Å². The van der Waals surface area contributed by atoms with E-state index in [0.717, 1.165) is 11.3 Å². The standard InChI is InChI=1S/C23H20FN3O2/c1-15-8-13-22(29-15)20-14-21(27(26-20)19-11-9-18(24)10-12-19)23(28)25-16(2)17-6-4-3-5-7-17/h3-14,16H,1-2H3,(H,25,28). The molecule has 1 unspecified atom stereocenters. The smallest absolute Gasteiger partial charge is 0.270 e. The molecule has 0 aliphatic heterocycles. The van der Waals surface area contributed by atoms with Crippen LogP contribution >= 0.6 is 0 Å². The number of hydrogen-bond donors (Lipinski definition) is 1. The van der Waals surface area contributed by atoms with Gasteiger partial charge in [-0.1, -0.05) is 30.3 Å². The molecule has 0 radical (unpaired) electrons. The van der Waals surface area contributed by atoms with Gasteiger partial charge in [0.1, 0.15) is 23.0 Å². The highest BCUT2D eigenvalue weighted by Gasteiger charge is 2.21. The molecule has 0 fully saturated rings. The molecule has 2 aromatic heterocycles. The highest BCUT2D eigenvalue weighted by Crippen LogP contribution is 2.24. The molecule has 146 valence electrons. The number of aryl methyl sites for hydroxylation is 1. The van der Waals surface area contributed by atoms with Gasteiger partial charge in [-0.2, -0.15) is 5.10 Å². The third-order valence-electron chi connectivity index (χ3n) is 4.65. The third-order valence-corrected chi connectivity index (χ3v) is 4.65. The Kier molecular flexibility index (Phi) is 4.99. The number of carbonyl (C=O) groups is 1. The Morgan fingerprint density at radius 1 is 1.07 bits per heavy atom. The normalized spacial score (nSPS) is 12.0. The van der Waals surface area contributed by atoms with Gasteiger partial charge in [-0.05, 0) is 55.8 Å². The minimum Gasteiger partial charge on any atom is -0.460 e. The minimum atomic E-state index is -0.355. The fraction of sp³-hybridized carbons (Fsp3) is 0.130. The molecule has 1 amide bonds. The van der Waals surface area contributed by atoms with E-state index in [1.807, 2.05) is 50.2 Å². The van der Waals surface area contributed by atoms with Crippen molar-refractivity contribution >= 4 is 5.91 Å². The van der Waals surface area contributed by atoms with Crippen molar-refractivity contribution in [1.82, 2.24) is 15.1 Å². The molecule has 5 nitrogen and oxygen atoms in total. The summed E-state index contributed by atoms with van der Waals surface area (Å²) in [6.45, 7) is 3.76. The number of rotatable bonds is 5. The average molecular weight is 389 g/mol. The molecule has 0 saturated carbocycles. The van der Waals surface area contributed by atoms with E-state index in [1.54, 1.807) is 24.3 Å². The monoisotopic (exact) mass is 389 g/mol. The molecule has 2 heterocycles. The predicted molar refractivity (Wildman–Crippen MR) is 108 cm³/mol. The summed E-state index contributed by atoms with van der Waals surface area (Å²) in [5.41, 5.74) is 2.44. The van der Waals surface area contributed by atoms with Gasteiger partial charge in [0.05, 0.1) is 11.7 Å². The molecular formula is C23H20FN3O2. The quantitative estimate of drug-likeness (QED) is 0.518. The molecule has 29 heavy (non-hydrogen) atoms.